The average molecular weight is 404 g/mol. The molecule has 1 aromatic carbocycles. The summed E-state index contributed by atoms with van der Waals surface area (Å²) in [5.41, 5.74) is 7.29. The van der Waals surface area contributed by atoms with Crippen LogP contribution in [0.5, 0.6) is 0 Å². The number of nitrogens with zero attached hydrogens (tertiary/aromatic N) is 3. The van der Waals surface area contributed by atoms with Crippen LogP contribution < -0.4 is 10.9 Å². The Kier molecular flexibility index (Phi) is 5.99. The lowest BCUT2D eigenvalue weighted by atomic mass is 10.1. The van der Waals surface area contributed by atoms with Gasteiger partial charge in [0.25, 0.3) is 5.91 Å². The molecule has 2 aromatic rings. The quantitative estimate of drug-likeness (QED) is 0.736. The van der Waals surface area contributed by atoms with Gasteiger partial charge >= 0.3 is 0 Å². The number of rotatable bonds is 5. The number of carbonyl (C=O) groups is 3. The topological polar surface area (TPSA) is 96.3 Å². The van der Waals surface area contributed by atoms with Crippen molar-refractivity contribution in [3.8, 4) is 0 Å². The molecule has 1 aliphatic rings. The van der Waals surface area contributed by atoms with Crippen LogP contribution in [0.3, 0.4) is 0 Å². The van der Waals surface area contributed by atoms with Crippen LogP contribution in [0.15, 0.2) is 30.3 Å². The molecule has 1 aromatic heterocycles. The monoisotopic (exact) mass is 403 g/mol. The van der Waals surface area contributed by atoms with E-state index < -0.39 is 17.7 Å². The summed E-state index contributed by atoms with van der Waals surface area (Å²) in [4.78, 5) is 38.2. The highest BCUT2D eigenvalue weighted by molar-refractivity contribution is 6.31. The molecule has 0 unspecified atom stereocenters. The van der Waals surface area contributed by atoms with Crippen molar-refractivity contribution in [3.63, 3.8) is 0 Å². The molecule has 3 amide bonds. The minimum Gasteiger partial charge on any atom is -0.337 e. The van der Waals surface area contributed by atoms with Crippen molar-refractivity contribution in [3.05, 3.63) is 52.3 Å². The minimum absolute atomic E-state index is 0.00216. The van der Waals surface area contributed by atoms with Gasteiger partial charge in [-0.25, -0.2) is 0 Å². The van der Waals surface area contributed by atoms with Crippen LogP contribution in [0.2, 0.25) is 5.02 Å². The number of aryl methyl sites for hydroxylation is 2. The average Bonchev–Trinajstić information content (AvgIpc) is 3.16. The van der Waals surface area contributed by atoms with Gasteiger partial charge in [-0.05, 0) is 31.5 Å². The molecule has 2 N–H and O–H groups in total. The van der Waals surface area contributed by atoms with Crippen LogP contribution in [0, 0.1) is 19.8 Å². The number of likely N-dealkylation sites (tertiary alicyclic amines) is 1. The maximum Gasteiger partial charge on any atom is 0.260 e. The van der Waals surface area contributed by atoms with E-state index in [1.165, 1.54) is 0 Å². The number of hydrogen-bond acceptors (Lipinski definition) is 4. The smallest absolute Gasteiger partial charge is 0.260 e. The molecule has 8 nitrogen and oxygen atoms in total. The number of carbonyl (C=O) groups excluding carboxylic acids is 3. The van der Waals surface area contributed by atoms with Gasteiger partial charge in [0, 0.05) is 30.2 Å². The third kappa shape index (κ3) is 4.69. The number of amides is 3. The second kappa shape index (κ2) is 8.43. The standard InChI is InChI=1S/C19H22ClN5O3/c1-12-7-13(2)25(23-12)11-17(26)21-22-19(28)15-8-18(27)24(10-15)9-14-5-3-4-6-16(14)20/h3-7,15H,8-11H2,1-2H3,(H,21,26)(H,22,28)/t15-/m1/s1. The Morgan fingerprint density at radius 3 is 2.68 bits per heavy atom. The Balaban J connectivity index is 1.49. The molecule has 1 fully saturated rings. The van der Waals surface area contributed by atoms with Gasteiger partial charge in [-0.2, -0.15) is 5.10 Å². The highest BCUT2D eigenvalue weighted by atomic mass is 35.5. The van der Waals surface area contributed by atoms with Crippen LogP contribution in [-0.2, 0) is 27.5 Å². The zero-order valence-electron chi connectivity index (χ0n) is 15.7. The summed E-state index contributed by atoms with van der Waals surface area (Å²) in [5.74, 6) is -1.42. The normalized spacial score (nSPS) is 16.3. The lowest BCUT2D eigenvalue weighted by Crippen LogP contribution is -2.46. The Bertz CT molecular complexity index is 911. The molecular weight excluding hydrogens is 382 g/mol. The second-order valence-electron chi connectivity index (χ2n) is 6.89. The molecule has 1 saturated heterocycles. The fourth-order valence-electron chi connectivity index (χ4n) is 3.18. The van der Waals surface area contributed by atoms with Crippen LogP contribution in [0.25, 0.3) is 0 Å². The first-order chi connectivity index (χ1) is 13.3. The highest BCUT2D eigenvalue weighted by Crippen LogP contribution is 2.23. The Hall–Kier alpha value is -2.87. The molecule has 148 valence electrons. The van der Waals surface area contributed by atoms with E-state index in [0.29, 0.717) is 11.6 Å². The number of benzene rings is 1. The summed E-state index contributed by atoms with van der Waals surface area (Å²) < 4.78 is 1.56. The minimum atomic E-state index is -0.524. The van der Waals surface area contributed by atoms with E-state index in [9.17, 15) is 14.4 Å². The number of halogens is 1. The van der Waals surface area contributed by atoms with Gasteiger partial charge in [-0.3, -0.25) is 29.9 Å². The predicted molar refractivity (Wildman–Crippen MR) is 103 cm³/mol. The van der Waals surface area contributed by atoms with Crippen molar-refractivity contribution in [2.24, 2.45) is 5.92 Å². The number of hydrazine groups is 1. The maximum atomic E-state index is 12.3. The maximum absolute atomic E-state index is 12.3. The van der Waals surface area contributed by atoms with Crippen molar-refractivity contribution < 1.29 is 14.4 Å². The van der Waals surface area contributed by atoms with Crippen LogP contribution in [0.4, 0.5) is 0 Å². The molecule has 28 heavy (non-hydrogen) atoms. The van der Waals surface area contributed by atoms with Gasteiger partial charge < -0.3 is 4.90 Å². The van der Waals surface area contributed by atoms with Gasteiger partial charge in [-0.1, -0.05) is 29.8 Å². The summed E-state index contributed by atoms with van der Waals surface area (Å²) in [6, 6.07) is 9.15. The third-order valence-corrected chi connectivity index (χ3v) is 4.99. The Morgan fingerprint density at radius 2 is 2.00 bits per heavy atom. The summed E-state index contributed by atoms with van der Waals surface area (Å²) in [6.45, 7) is 4.33. The highest BCUT2D eigenvalue weighted by Gasteiger charge is 2.34. The fourth-order valence-corrected chi connectivity index (χ4v) is 3.37. The zero-order chi connectivity index (χ0) is 20.3. The lowest BCUT2D eigenvalue weighted by molar-refractivity contribution is -0.131. The Morgan fingerprint density at radius 1 is 1.25 bits per heavy atom. The molecule has 0 radical (unpaired) electrons. The van der Waals surface area contributed by atoms with Crippen molar-refractivity contribution in [1.82, 2.24) is 25.5 Å². The van der Waals surface area contributed by atoms with E-state index in [0.717, 1.165) is 17.0 Å². The van der Waals surface area contributed by atoms with E-state index >= 15 is 0 Å². The second-order valence-corrected chi connectivity index (χ2v) is 7.30. The largest absolute Gasteiger partial charge is 0.337 e. The summed E-state index contributed by atoms with van der Waals surface area (Å²) in [7, 11) is 0. The summed E-state index contributed by atoms with van der Waals surface area (Å²) in [5, 5.41) is 4.79. The lowest BCUT2D eigenvalue weighted by Gasteiger charge is -2.17. The van der Waals surface area contributed by atoms with E-state index in [1.54, 1.807) is 15.6 Å². The number of nitrogens with one attached hydrogen (secondary N) is 2. The van der Waals surface area contributed by atoms with Crippen molar-refractivity contribution in [1.29, 1.82) is 0 Å². The van der Waals surface area contributed by atoms with Gasteiger partial charge in [0.15, 0.2) is 0 Å². The van der Waals surface area contributed by atoms with Crippen molar-refractivity contribution >= 4 is 29.3 Å². The first-order valence-corrected chi connectivity index (χ1v) is 9.32. The van der Waals surface area contributed by atoms with Crippen molar-refractivity contribution in [2.45, 2.75) is 33.4 Å². The van der Waals surface area contributed by atoms with Crippen LogP contribution in [-0.4, -0.2) is 38.9 Å². The number of aromatic nitrogens is 2. The van der Waals surface area contributed by atoms with Gasteiger partial charge in [-0.15, -0.1) is 0 Å². The van der Waals surface area contributed by atoms with Crippen LogP contribution >= 0.6 is 11.6 Å². The van der Waals surface area contributed by atoms with E-state index in [2.05, 4.69) is 16.0 Å². The molecule has 1 atom stereocenters. The third-order valence-electron chi connectivity index (χ3n) is 4.63. The van der Waals surface area contributed by atoms with E-state index in [1.807, 2.05) is 38.1 Å². The van der Waals surface area contributed by atoms with Crippen LogP contribution in [0.1, 0.15) is 23.4 Å². The van der Waals surface area contributed by atoms with Crippen molar-refractivity contribution in [2.75, 3.05) is 6.54 Å². The molecule has 0 spiro atoms. The molecule has 2 heterocycles. The van der Waals surface area contributed by atoms with E-state index in [4.69, 9.17) is 11.6 Å². The molecular formula is C19H22ClN5O3. The first kappa shape index (κ1) is 19.9. The predicted octanol–water partition coefficient (Wildman–Crippen LogP) is 1.35. The number of hydrogen-bond donors (Lipinski definition) is 2. The zero-order valence-corrected chi connectivity index (χ0v) is 16.5. The van der Waals surface area contributed by atoms with Gasteiger partial charge in [0.2, 0.25) is 11.8 Å². The van der Waals surface area contributed by atoms with Gasteiger partial charge in [0.1, 0.15) is 6.54 Å². The van der Waals surface area contributed by atoms with E-state index in [-0.39, 0.29) is 25.4 Å². The Labute approximate surface area is 167 Å². The molecule has 9 heteroatoms. The fraction of sp³-hybridized carbons (Fsp3) is 0.368. The molecule has 3 rings (SSSR count). The summed E-state index contributed by atoms with van der Waals surface area (Å²) in [6.07, 6.45) is 0.101. The molecule has 0 saturated carbocycles. The SMILES string of the molecule is Cc1cc(C)n(CC(=O)NNC(=O)[C@@H]2CC(=O)N(Cc3ccccc3Cl)C2)n1. The molecule has 0 bridgehead atoms. The molecule has 0 aliphatic carbocycles. The van der Waals surface area contributed by atoms with Gasteiger partial charge in [0.05, 0.1) is 11.6 Å². The first-order valence-electron chi connectivity index (χ1n) is 8.94. The summed E-state index contributed by atoms with van der Waals surface area (Å²) >= 11 is 6.14. The molecule has 1 aliphatic heterocycles.